The van der Waals surface area contributed by atoms with Crippen LogP contribution in [0.25, 0.3) is 0 Å². The summed E-state index contributed by atoms with van der Waals surface area (Å²) in [5.74, 6) is 1.77. The van der Waals surface area contributed by atoms with Gasteiger partial charge in [-0.1, -0.05) is 84.9 Å². The molecule has 2 heteroatoms. The average molecular weight is 367 g/mol. The molecule has 0 saturated carbocycles. The first kappa shape index (κ1) is 17.2. The van der Waals surface area contributed by atoms with Crippen molar-refractivity contribution in [3.8, 4) is 0 Å². The van der Waals surface area contributed by atoms with E-state index in [0.717, 1.165) is 25.9 Å². The number of hydrogen-bond donors (Lipinski definition) is 0. The number of benzene rings is 3. The van der Waals surface area contributed by atoms with E-state index in [9.17, 15) is 0 Å². The second-order valence-electron chi connectivity index (χ2n) is 8.10. The Kier molecular flexibility index (Phi) is 4.27. The molecule has 0 N–H and O–H groups in total. The van der Waals surface area contributed by atoms with Crippen LogP contribution in [0.15, 0.2) is 89.9 Å². The molecule has 140 valence electrons. The number of nitrogens with zero attached hydrogens (tertiary/aromatic N) is 2. The summed E-state index contributed by atoms with van der Waals surface area (Å²) in [6.07, 6.45) is 2.23. The Morgan fingerprint density at radius 1 is 0.893 bits per heavy atom. The highest BCUT2D eigenvalue weighted by molar-refractivity contribution is 5.89. The maximum atomic E-state index is 5.17. The molecule has 2 unspecified atom stereocenters. The molecule has 3 aromatic rings. The Balaban J connectivity index is 1.60. The molecule has 2 atom stereocenters. The van der Waals surface area contributed by atoms with Crippen LogP contribution in [-0.4, -0.2) is 17.3 Å². The van der Waals surface area contributed by atoms with E-state index < -0.39 is 0 Å². The van der Waals surface area contributed by atoms with Gasteiger partial charge in [0.25, 0.3) is 0 Å². The topological polar surface area (TPSA) is 15.6 Å². The van der Waals surface area contributed by atoms with Gasteiger partial charge >= 0.3 is 0 Å². The smallest absolute Gasteiger partial charge is 0.104 e. The highest BCUT2D eigenvalue weighted by Crippen LogP contribution is 2.44. The molecule has 2 heterocycles. The van der Waals surface area contributed by atoms with Crippen molar-refractivity contribution in [3.05, 3.63) is 107 Å². The van der Waals surface area contributed by atoms with Crippen LogP contribution in [0.2, 0.25) is 0 Å². The van der Waals surface area contributed by atoms with Crippen molar-refractivity contribution < 1.29 is 0 Å². The third-order valence-electron chi connectivity index (χ3n) is 6.50. The van der Waals surface area contributed by atoms with Crippen molar-refractivity contribution in [3.63, 3.8) is 0 Å². The molecule has 2 aliphatic heterocycles. The minimum Gasteiger partial charge on any atom is -0.347 e. The Morgan fingerprint density at radius 2 is 1.57 bits per heavy atom. The Labute approximate surface area is 167 Å². The van der Waals surface area contributed by atoms with Crippen LogP contribution in [0.1, 0.15) is 35.6 Å². The maximum Gasteiger partial charge on any atom is 0.104 e. The van der Waals surface area contributed by atoms with Crippen molar-refractivity contribution in [1.82, 2.24) is 4.90 Å². The van der Waals surface area contributed by atoms with Gasteiger partial charge < -0.3 is 4.90 Å². The molecule has 28 heavy (non-hydrogen) atoms. The molecule has 1 fully saturated rings. The molecular weight excluding hydrogens is 340 g/mol. The second kappa shape index (κ2) is 6.94. The summed E-state index contributed by atoms with van der Waals surface area (Å²) >= 11 is 0. The van der Waals surface area contributed by atoms with Gasteiger partial charge in [0.1, 0.15) is 5.84 Å². The highest BCUT2D eigenvalue weighted by atomic mass is 15.3. The molecule has 3 aromatic carbocycles. The molecule has 0 aliphatic carbocycles. The van der Waals surface area contributed by atoms with Gasteiger partial charge in [-0.25, -0.2) is 0 Å². The molecule has 0 spiro atoms. The van der Waals surface area contributed by atoms with E-state index in [2.05, 4.69) is 96.8 Å². The summed E-state index contributed by atoms with van der Waals surface area (Å²) in [5.41, 5.74) is 5.30. The first-order valence-electron chi connectivity index (χ1n) is 10.3. The highest BCUT2D eigenvalue weighted by Gasteiger charge is 2.45. The first-order chi connectivity index (χ1) is 13.8. The zero-order valence-corrected chi connectivity index (χ0v) is 16.4. The van der Waals surface area contributed by atoms with Crippen molar-refractivity contribution in [2.75, 3.05) is 6.54 Å². The standard InChI is InChI=1S/C26H26N2/c1-26(23-13-6-3-7-14-23)24-15-9-8-12-22(24)19-27-25-21(16-17-28(25)26)18-20-10-4-2-5-11-20/h2-15,21H,16-19H2,1H3. The fraction of sp³-hybridized carbons (Fsp3) is 0.269. The van der Waals surface area contributed by atoms with E-state index in [-0.39, 0.29) is 5.54 Å². The molecule has 2 nitrogen and oxygen atoms in total. The van der Waals surface area contributed by atoms with Crippen LogP contribution >= 0.6 is 0 Å². The number of aliphatic imine (C=N–C) groups is 1. The zero-order valence-electron chi connectivity index (χ0n) is 16.4. The van der Waals surface area contributed by atoms with Gasteiger partial charge in [-0.05, 0) is 42.0 Å². The van der Waals surface area contributed by atoms with E-state index in [1.807, 2.05) is 0 Å². The Morgan fingerprint density at radius 3 is 2.36 bits per heavy atom. The normalized spacial score (nSPS) is 23.5. The number of fused-ring (bicyclic) bond motifs is 2. The number of rotatable bonds is 3. The number of hydrogen-bond acceptors (Lipinski definition) is 2. The summed E-state index contributed by atoms with van der Waals surface area (Å²) < 4.78 is 0. The molecular formula is C26H26N2. The molecule has 5 rings (SSSR count). The molecule has 0 amide bonds. The quantitative estimate of drug-likeness (QED) is 0.604. The lowest BCUT2D eigenvalue weighted by molar-refractivity contribution is 0.262. The van der Waals surface area contributed by atoms with Gasteiger partial charge in [-0.2, -0.15) is 0 Å². The van der Waals surface area contributed by atoms with Crippen LogP contribution in [-0.2, 0) is 18.5 Å². The second-order valence-corrected chi connectivity index (χ2v) is 8.10. The summed E-state index contributed by atoms with van der Waals surface area (Å²) in [5, 5.41) is 0. The van der Waals surface area contributed by atoms with Crippen molar-refractivity contribution in [2.45, 2.75) is 31.8 Å². The monoisotopic (exact) mass is 366 g/mol. The maximum absolute atomic E-state index is 5.17. The van der Waals surface area contributed by atoms with Crippen LogP contribution in [0.3, 0.4) is 0 Å². The molecule has 0 radical (unpaired) electrons. The minimum atomic E-state index is -0.182. The van der Waals surface area contributed by atoms with Crippen molar-refractivity contribution in [2.24, 2.45) is 10.9 Å². The third-order valence-corrected chi connectivity index (χ3v) is 6.50. The summed E-state index contributed by atoms with van der Waals surface area (Å²) in [4.78, 5) is 7.75. The third kappa shape index (κ3) is 2.75. The fourth-order valence-electron chi connectivity index (χ4n) is 5.03. The molecule has 0 bridgehead atoms. The van der Waals surface area contributed by atoms with E-state index in [0.29, 0.717) is 5.92 Å². The predicted octanol–water partition coefficient (Wildman–Crippen LogP) is 5.43. The van der Waals surface area contributed by atoms with Crippen LogP contribution in [0.5, 0.6) is 0 Å². The van der Waals surface area contributed by atoms with Gasteiger partial charge in [0.05, 0.1) is 12.1 Å². The van der Waals surface area contributed by atoms with Gasteiger partial charge in [0.2, 0.25) is 0 Å². The van der Waals surface area contributed by atoms with Crippen molar-refractivity contribution >= 4 is 5.84 Å². The zero-order chi connectivity index (χ0) is 19.0. The molecule has 0 aromatic heterocycles. The van der Waals surface area contributed by atoms with Gasteiger partial charge in [0, 0.05) is 12.5 Å². The van der Waals surface area contributed by atoms with Gasteiger partial charge in [0.15, 0.2) is 0 Å². The lowest BCUT2D eigenvalue weighted by Gasteiger charge is -2.41. The van der Waals surface area contributed by atoms with E-state index in [1.54, 1.807) is 0 Å². The van der Waals surface area contributed by atoms with Crippen LogP contribution < -0.4 is 0 Å². The van der Waals surface area contributed by atoms with E-state index >= 15 is 0 Å². The largest absolute Gasteiger partial charge is 0.347 e. The summed E-state index contributed by atoms with van der Waals surface area (Å²) in [6, 6.07) is 30.7. The van der Waals surface area contributed by atoms with Gasteiger partial charge in [-0.15, -0.1) is 0 Å². The summed E-state index contributed by atoms with van der Waals surface area (Å²) in [7, 11) is 0. The molecule has 1 saturated heterocycles. The minimum absolute atomic E-state index is 0.182. The van der Waals surface area contributed by atoms with E-state index in [4.69, 9.17) is 4.99 Å². The summed E-state index contributed by atoms with van der Waals surface area (Å²) in [6.45, 7) is 4.21. The Bertz CT molecular complexity index is 993. The van der Waals surface area contributed by atoms with Gasteiger partial charge in [-0.3, -0.25) is 4.99 Å². The van der Waals surface area contributed by atoms with Crippen molar-refractivity contribution in [1.29, 1.82) is 0 Å². The fourth-order valence-corrected chi connectivity index (χ4v) is 5.03. The Hall–Kier alpha value is -2.87. The SMILES string of the molecule is CC1(c2ccccc2)c2ccccc2CN=C2C(Cc3ccccc3)CCN21. The number of amidine groups is 1. The predicted molar refractivity (Wildman–Crippen MR) is 115 cm³/mol. The average Bonchev–Trinajstić information content (AvgIpc) is 3.10. The molecule has 2 aliphatic rings. The lowest BCUT2D eigenvalue weighted by Crippen LogP contribution is -2.46. The van der Waals surface area contributed by atoms with Crippen LogP contribution in [0, 0.1) is 5.92 Å². The lowest BCUT2D eigenvalue weighted by atomic mass is 9.81. The van der Waals surface area contributed by atoms with E-state index in [1.165, 1.54) is 28.1 Å². The van der Waals surface area contributed by atoms with Crippen LogP contribution in [0.4, 0.5) is 0 Å². The first-order valence-corrected chi connectivity index (χ1v) is 10.3.